The van der Waals surface area contributed by atoms with Gasteiger partial charge in [0.25, 0.3) is 5.56 Å². The maximum atomic E-state index is 11.6. The van der Waals surface area contributed by atoms with Crippen molar-refractivity contribution in [3.05, 3.63) is 33.1 Å². The molecule has 2 rings (SSSR count). The normalized spacial score (nSPS) is 27.6. The number of nitrogens with zero attached hydrogens (tertiary/aromatic N) is 1. The summed E-state index contributed by atoms with van der Waals surface area (Å²) < 4.78 is 17.4. The Bertz CT molecular complexity index is 509. The van der Waals surface area contributed by atoms with Crippen molar-refractivity contribution in [1.29, 1.82) is 0 Å². The van der Waals surface area contributed by atoms with E-state index in [1.807, 2.05) is 0 Å². The molecule has 100 valence electrons. The van der Waals surface area contributed by atoms with Gasteiger partial charge in [-0.2, -0.15) is 0 Å². The van der Waals surface area contributed by atoms with Crippen LogP contribution >= 0.6 is 0 Å². The molecular formula is C11H16N2O5. The Kier molecular flexibility index (Phi) is 3.95. The Hall–Kier alpha value is -1.44. The van der Waals surface area contributed by atoms with Crippen molar-refractivity contribution in [2.75, 3.05) is 20.8 Å². The van der Waals surface area contributed by atoms with Gasteiger partial charge in [-0.3, -0.25) is 14.3 Å². The van der Waals surface area contributed by atoms with Gasteiger partial charge in [-0.1, -0.05) is 0 Å². The topological polar surface area (TPSA) is 82.5 Å². The highest BCUT2D eigenvalue weighted by molar-refractivity contribution is 4.88. The molecule has 3 atom stereocenters. The first-order valence-electron chi connectivity index (χ1n) is 5.64. The molecule has 0 amide bonds. The molecule has 1 N–H and O–H groups in total. The van der Waals surface area contributed by atoms with Gasteiger partial charge in [0, 0.05) is 32.9 Å². The molecule has 1 saturated heterocycles. The lowest BCUT2D eigenvalue weighted by molar-refractivity contribution is -0.0618. The van der Waals surface area contributed by atoms with Gasteiger partial charge in [0.05, 0.1) is 12.7 Å². The maximum absolute atomic E-state index is 11.6. The van der Waals surface area contributed by atoms with E-state index in [-0.39, 0.29) is 12.2 Å². The van der Waals surface area contributed by atoms with Crippen molar-refractivity contribution >= 4 is 0 Å². The molecule has 1 fully saturated rings. The SMILES string of the molecule is COCC1O[C@@H](n2ccc(=O)[nH]c2=O)C[C@@H]1OC. The standard InChI is InChI=1S/C11H16N2O5/c1-16-6-8-7(17-2)5-10(18-8)13-4-3-9(14)12-11(13)15/h3-4,7-8,10H,5-6H2,1-2H3,(H,12,14,15)/t7-,8?,10+/m0/s1. The number of ether oxygens (including phenoxy) is 3. The first-order chi connectivity index (χ1) is 8.65. The number of rotatable bonds is 4. The maximum Gasteiger partial charge on any atom is 0.330 e. The molecule has 1 aromatic rings. The Morgan fingerprint density at radius 3 is 2.89 bits per heavy atom. The fraction of sp³-hybridized carbons (Fsp3) is 0.636. The summed E-state index contributed by atoms with van der Waals surface area (Å²) in [6, 6.07) is 1.29. The lowest BCUT2D eigenvalue weighted by atomic mass is 10.2. The van der Waals surface area contributed by atoms with Crippen LogP contribution in [-0.4, -0.2) is 42.6 Å². The summed E-state index contributed by atoms with van der Waals surface area (Å²) in [6.07, 6.45) is 1.17. The molecule has 1 aliphatic heterocycles. The van der Waals surface area contributed by atoms with Gasteiger partial charge in [-0.15, -0.1) is 0 Å². The molecule has 0 aromatic carbocycles. The van der Waals surface area contributed by atoms with E-state index < -0.39 is 17.5 Å². The van der Waals surface area contributed by atoms with Crippen molar-refractivity contribution < 1.29 is 14.2 Å². The average molecular weight is 256 g/mol. The molecule has 7 heteroatoms. The minimum absolute atomic E-state index is 0.131. The highest BCUT2D eigenvalue weighted by Crippen LogP contribution is 2.29. The number of methoxy groups -OCH3 is 2. The zero-order chi connectivity index (χ0) is 13.1. The predicted octanol–water partition coefficient (Wildman–Crippen LogP) is -0.514. The van der Waals surface area contributed by atoms with Crippen LogP contribution in [0.2, 0.25) is 0 Å². The van der Waals surface area contributed by atoms with E-state index in [4.69, 9.17) is 14.2 Å². The summed E-state index contributed by atoms with van der Waals surface area (Å²) in [4.78, 5) is 24.8. The van der Waals surface area contributed by atoms with Crippen LogP contribution in [0.1, 0.15) is 12.6 Å². The fourth-order valence-corrected chi connectivity index (χ4v) is 2.09. The third-order valence-electron chi connectivity index (χ3n) is 2.98. The van der Waals surface area contributed by atoms with Crippen molar-refractivity contribution in [1.82, 2.24) is 9.55 Å². The van der Waals surface area contributed by atoms with E-state index in [0.29, 0.717) is 13.0 Å². The first kappa shape index (κ1) is 13.0. The second-order valence-corrected chi connectivity index (χ2v) is 4.11. The monoisotopic (exact) mass is 256 g/mol. The van der Waals surface area contributed by atoms with E-state index in [1.165, 1.54) is 16.8 Å². The van der Waals surface area contributed by atoms with Crippen LogP contribution in [0.4, 0.5) is 0 Å². The van der Waals surface area contributed by atoms with Gasteiger partial charge in [-0.05, 0) is 0 Å². The summed E-state index contributed by atoms with van der Waals surface area (Å²) >= 11 is 0. The van der Waals surface area contributed by atoms with Crippen LogP contribution in [0.5, 0.6) is 0 Å². The molecule has 0 radical (unpaired) electrons. The highest BCUT2D eigenvalue weighted by atomic mass is 16.6. The predicted molar refractivity (Wildman–Crippen MR) is 62.5 cm³/mol. The number of nitrogens with one attached hydrogen (secondary N) is 1. The van der Waals surface area contributed by atoms with Gasteiger partial charge in [0.15, 0.2) is 0 Å². The molecule has 2 heterocycles. The Balaban J connectivity index is 2.20. The van der Waals surface area contributed by atoms with Gasteiger partial charge >= 0.3 is 5.69 Å². The zero-order valence-corrected chi connectivity index (χ0v) is 10.3. The third kappa shape index (κ3) is 2.53. The molecule has 0 saturated carbocycles. The summed E-state index contributed by atoms with van der Waals surface area (Å²) in [5, 5.41) is 0. The van der Waals surface area contributed by atoms with Gasteiger partial charge < -0.3 is 14.2 Å². The molecule has 1 aromatic heterocycles. The number of aromatic nitrogens is 2. The summed E-state index contributed by atoms with van der Waals surface area (Å²) in [7, 11) is 3.17. The van der Waals surface area contributed by atoms with Gasteiger partial charge in [0.1, 0.15) is 12.3 Å². The smallest absolute Gasteiger partial charge is 0.330 e. The second-order valence-electron chi connectivity index (χ2n) is 4.11. The van der Waals surface area contributed by atoms with Crippen molar-refractivity contribution in [2.24, 2.45) is 0 Å². The summed E-state index contributed by atoms with van der Waals surface area (Å²) in [5.41, 5.74) is -0.911. The number of hydrogen-bond donors (Lipinski definition) is 1. The summed E-state index contributed by atoms with van der Waals surface area (Å²) in [5.74, 6) is 0. The van der Waals surface area contributed by atoms with Crippen LogP contribution in [-0.2, 0) is 14.2 Å². The van der Waals surface area contributed by atoms with E-state index in [9.17, 15) is 9.59 Å². The average Bonchev–Trinajstić information content (AvgIpc) is 2.72. The van der Waals surface area contributed by atoms with Crippen LogP contribution < -0.4 is 11.2 Å². The fourth-order valence-electron chi connectivity index (χ4n) is 2.09. The molecule has 1 unspecified atom stereocenters. The highest BCUT2D eigenvalue weighted by Gasteiger charge is 2.36. The minimum atomic E-state index is -0.486. The molecule has 1 aliphatic rings. The Morgan fingerprint density at radius 2 is 2.28 bits per heavy atom. The number of hydrogen-bond acceptors (Lipinski definition) is 5. The van der Waals surface area contributed by atoms with Crippen LogP contribution in [0.3, 0.4) is 0 Å². The van der Waals surface area contributed by atoms with Crippen LogP contribution in [0, 0.1) is 0 Å². The van der Waals surface area contributed by atoms with Crippen molar-refractivity contribution in [3.8, 4) is 0 Å². The largest absolute Gasteiger partial charge is 0.382 e. The molecular weight excluding hydrogens is 240 g/mol. The number of H-pyrrole nitrogens is 1. The van der Waals surface area contributed by atoms with E-state index in [2.05, 4.69) is 4.98 Å². The van der Waals surface area contributed by atoms with E-state index >= 15 is 0 Å². The lowest BCUT2D eigenvalue weighted by Gasteiger charge is -2.16. The molecule has 7 nitrogen and oxygen atoms in total. The first-order valence-corrected chi connectivity index (χ1v) is 5.64. The van der Waals surface area contributed by atoms with Gasteiger partial charge in [-0.25, -0.2) is 4.79 Å². The Labute approximate surface area is 103 Å². The van der Waals surface area contributed by atoms with E-state index in [0.717, 1.165) is 0 Å². The number of aromatic amines is 1. The van der Waals surface area contributed by atoms with Crippen LogP contribution in [0.25, 0.3) is 0 Å². The third-order valence-corrected chi connectivity index (χ3v) is 2.98. The quantitative estimate of drug-likeness (QED) is 0.784. The summed E-state index contributed by atoms with van der Waals surface area (Å²) in [6.45, 7) is 0.396. The second kappa shape index (κ2) is 5.47. The minimum Gasteiger partial charge on any atom is -0.382 e. The lowest BCUT2D eigenvalue weighted by Crippen LogP contribution is -2.31. The van der Waals surface area contributed by atoms with Crippen LogP contribution in [0.15, 0.2) is 21.9 Å². The van der Waals surface area contributed by atoms with Crippen molar-refractivity contribution in [3.63, 3.8) is 0 Å². The van der Waals surface area contributed by atoms with Gasteiger partial charge in [0.2, 0.25) is 0 Å². The molecule has 18 heavy (non-hydrogen) atoms. The van der Waals surface area contributed by atoms with E-state index in [1.54, 1.807) is 14.2 Å². The Morgan fingerprint density at radius 1 is 1.50 bits per heavy atom. The molecule has 0 bridgehead atoms. The molecule has 0 spiro atoms. The molecule has 0 aliphatic carbocycles. The zero-order valence-electron chi connectivity index (χ0n) is 10.3. The van der Waals surface area contributed by atoms with Crippen molar-refractivity contribution in [2.45, 2.75) is 24.9 Å².